The van der Waals surface area contributed by atoms with Gasteiger partial charge in [-0.2, -0.15) is 5.26 Å². The second-order valence-corrected chi connectivity index (χ2v) is 3.72. The number of nitrogens with zero attached hydrogens (tertiary/aromatic N) is 1. The van der Waals surface area contributed by atoms with Crippen LogP contribution in [0.5, 0.6) is 0 Å². The summed E-state index contributed by atoms with van der Waals surface area (Å²) in [4.78, 5) is 33.2. The van der Waals surface area contributed by atoms with E-state index in [1.807, 2.05) is 0 Å². The molecule has 1 aromatic carbocycles. The summed E-state index contributed by atoms with van der Waals surface area (Å²) < 4.78 is 0. The first kappa shape index (κ1) is 14.2. The van der Waals surface area contributed by atoms with E-state index in [2.05, 4.69) is 0 Å². The monoisotopic (exact) mass is 263 g/mol. The molecule has 0 aliphatic carbocycles. The minimum Gasteiger partial charge on any atom is -0.478 e. The fraction of sp³-hybridized carbons (Fsp3) is 0.167. The van der Waals surface area contributed by atoms with Gasteiger partial charge >= 0.3 is 17.9 Å². The molecule has 0 heterocycles. The van der Waals surface area contributed by atoms with Crippen LogP contribution in [-0.4, -0.2) is 33.2 Å². The topological polar surface area (TPSA) is 136 Å². The minimum atomic E-state index is -1.59. The average Bonchev–Trinajstić information content (AvgIpc) is 2.35. The van der Waals surface area contributed by atoms with Crippen molar-refractivity contribution in [2.75, 3.05) is 0 Å². The molecule has 1 atom stereocenters. The fourth-order valence-corrected chi connectivity index (χ4v) is 1.73. The first-order chi connectivity index (χ1) is 8.81. The molecule has 0 saturated heterocycles. The third kappa shape index (κ3) is 2.52. The highest BCUT2D eigenvalue weighted by Gasteiger charge is 2.28. The van der Waals surface area contributed by atoms with Gasteiger partial charge in [-0.15, -0.1) is 0 Å². The Morgan fingerprint density at radius 2 is 1.53 bits per heavy atom. The van der Waals surface area contributed by atoms with Crippen molar-refractivity contribution >= 4 is 17.9 Å². The quantitative estimate of drug-likeness (QED) is 0.746. The zero-order chi connectivity index (χ0) is 14.7. The molecule has 7 heteroatoms. The van der Waals surface area contributed by atoms with Crippen LogP contribution < -0.4 is 0 Å². The number of benzene rings is 1. The van der Waals surface area contributed by atoms with Crippen molar-refractivity contribution in [1.82, 2.24) is 0 Å². The minimum absolute atomic E-state index is 0.303. The third-order valence-electron chi connectivity index (χ3n) is 2.55. The van der Waals surface area contributed by atoms with Crippen molar-refractivity contribution in [3.05, 3.63) is 34.4 Å². The molecule has 7 nitrogen and oxygen atoms in total. The van der Waals surface area contributed by atoms with Gasteiger partial charge in [0.05, 0.1) is 28.7 Å². The van der Waals surface area contributed by atoms with Gasteiger partial charge < -0.3 is 15.3 Å². The van der Waals surface area contributed by atoms with Gasteiger partial charge in [-0.1, -0.05) is 0 Å². The molecule has 1 aromatic rings. The van der Waals surface area contributed by atoms with Crippen molar-refractivity contribution in [1.29, 1.82) is 5.26 Å². The second-order valence-electron chi connectivity index (χ2n) is 3.72. The van der Waals surface area contributed by atoms with Crippen LogP contribution in [0, 0.1) is 11.3 Å². The highest BCUT2D eigenvalue weighted by Crippen LogP contribution is 2.27. The van der Waals surface area contributed by atoms with Gasteiger partial charge in [0.1, 0.15) is 0 Å². The molecule has 98 valence electrons. The number of hydrogen-bond acceptors (Lipinski definition) is 4. The van der Waals surface area contributed by atoms with Gasteiger partial charge in [0.2, 0.25) is 0 Å². The molecule has 1 unspecified atom stereocenters. The Kier molecular flexibility index (Phi) is 3.87. The zero-order valence-electron chi connectivity index (χ0n) is 9.75. The molecule has 0 bridgehead atoms. The Morgan fingerprint density at radius 1 is 1.05 bits per heavy atom. The van der Waals surface area contributed by atoms with Gasteiger partial charge in [-0.05, 0) is 24.6 Å². The first-order valence-corrected chi connectivity index (χ1v) is 5.07. The van der Waals surface area contributed by atoms with Gasteiger partial charge in [0.25, 0.3) is 0 Å². The molecule has 0 saturated carbocycles. The number of nitriles is 1. The summed E-state index contributed by atoms with van der Waals surface area (Å²) in [5.41, 5.74) is -1.91. The van der Waals surface area contributed by atoms with E-state index in [0.29, 0.717) is 0 Å². The summed E-state index contributed by atoms with van der Waals surface area (Å²) in [5.74, 6) is -5.56. The van der Waals surface area contributed by atoms with E-state index < -0.39 is 40.5 Å². The van der Waals surface area contributed by atoms with Crippen LogP contribution in [0.1, 0.15) is 49.5 Å². The summed E-state index contributed by atoms with van der Waals surface area (Å²) in [6.07, 6.45) is 0. The highest BCUT2D eigenvalue weighted by molar-refractivity contribution is 6.05. The molecule has 0 fully saturated rings. The van der Waals surface area contributed by atoms with Crippen LogP contribution in [0.3, 0.4) is 0 Å². The molecule has 0 aliphatic rings. The van der Waals surface area contributed by atoms with Gasteiger partial charge in [0, 0.05) is 0 Å². The predicted molar refractivity (Wildman–Crippen MR) is 61.3 cm³/mol. The number of carbonyl (C=O) groups is 3. The van der Waals surface area contributed by atoms with E-state index in [-0.39, 0.29) is 5.56 Å². The maximum Gasteiger partial charge on any atom is 0.336 e. The Morgan fingerprint density at radius 3 is 1.89 bits per heavy atom. The second kappa shape index (κ2) is 5.18. The van der Waals surface area contributed by atoms with E-state index in [0.717, 1.165) is 12.1 Å². The summed E-state index contributed by atoms with van der Waals surface area (Å²) in [5, 5.41) is 35.9. The number of hydrogen-bond donors (Lipinski definition) is 3. The summed E-state index contributed by atoms with van der Waals surface area (Å²) in [7, 11) is 0. The fourth-order valence-electron chi connectivity index (χ4n) is 1.73. The Bertz CT molecular complexity index is 613. The van der Waals surface area contributed by atoms with E-state index in [1.54, 1.807) is 6.07 Å². The smallest absolute Gasteiger partial charge is 0.336 e. The lowest BCUT2D eigenvalue weighted by Crippen LogP contribution is -2.17. The third-order valence-corrected chi connectivity index (χ3v) is 2.55. The molecule has 3 N–H and O–H groups in total. The Hall–Kier alpha value is -2.88. The summed E-state index contributed by atoms with van der Waals surface area (Å²) in [6, 6.07) is 3.61. The molecular formula is C12H9NO6. The lowest BCUT2D eigenvalue weighted by Gasteiger charge is -2.13. The van der Waals surface area contributed by atoms with E-state index in [4.69, 9.17) is 20.6 Å². The van der Waals surface area contributed by atoms with Crippen LogP contribution in [0.4, 0.5) is 0 Å². The maximum absolute atomic E-state index is 11.2. The van der Waals surface area contributed by atoms with Crippen LogP contribution in [0.15, 0.2) is 12.1 Å². The van der Waals surface area contributed by atoms with Crippen LogP contribution in [-0.2, 0) is 0 Å². The average molecular weight is 263 g/mol. The Balaban J connectivity index is 3.83. The molecule has 1 rings (SSSR count). The molecule has 0 amide bonds. The highest BCUT2D eigenvalue weighted by atomic mass is 16.4. The van der Waals surface area contributed by atoms with Crippen LogP contribution in [0.25, 0.3) is 0 Å². The Labute approximate surface area is 107 Å². The lowest BCUT2D eigenvalue weighted by molar-refractivity contribution is 0.0647. The predicted octanol–water partition coefficient (Wildman–Crippen LogP) is 1.41. The van der Waals surface area contributed by atoms with Gasteiger partial charge in [-0.25, -0.2) is 14.4 Å². The molecule has 0 spiro atoms. The maximum atomic E-state index is 11.2. The number of carboxylic acid groups (broad SMARTS) is 3. The van der Waals surface area contributed by atoms with Crippen molar-refractivity contribution in [2.45, 2.75) is 12.8 Å². The molecular weight excluding hydrogens is 254 g/mol. The normalized spacial score (nSPS) is 11.4. The van der Waals surface area contributed by atoms with Gasteiger partial charge in [0.15, 0.2) is 0 Å². The summed E-state index contributed by atoms with van der Waals surface area (Å²) in [6.45, 7) is 1.31. The van der Waals surface area contributed by atoms with E-state index in [1.165, 1.54) is 6.92 Å². The number of rotatable bonds is 4. The largest absolute Gasteiger partial charge is 0.478 e. The molecule has 0 radical (unpaired) electrons. The molecule has 0 aromatic heterocycles. The standard InChI is InChI=1S/C12H9NO6/c1-5(4-13)8-6(10(14)15)2-3-7(11(16)17)9(8)12(18)19/h2-3,5H,1H3,(H,14,15)(H,16,17)(H,18,19). The number of aromatic carboxylic acids is 3. The van der Waals surface area contributed by atoms with Crippen molar-refractivity contribution in [3.8, 4) is 6.07 Å². The van der Waals surface area contributed by atoms with E-state index in [9.17, 15) is 14.4 Å². The van der Waals surface area contributed by atoms with Crippen molar-refractivity contribution < 1.29 is 29.7 Å². The molecule has 19 heavy (non-hydrogen) atoms. The first-order valence-electron chi connectivity index (χ1n) is 5.07. The van der Waals surface area contributed by atoms with Crippen LogP contribution >= 0.6 is 0 Å². The van der Waals surface area contributed by atoms with Crippen molar-refractivity contribution in [2.24, 2.45) is 0 Å². The lowest BCUT2D eigenvalue weighted by atomic mass is 9.88. The zero-order valence-corrected chi connectivity index (χ0v) is 9.75. The van der Waals surface area contributed by atoms with Crippen molar-refractivity contribution in [3.63, 3.8) is 0 Å². The summed E-state index contributed by atoms with van der Waals surface area (Å²) >= 11 is 0. The van der Waals surface area contributed by atoms with E-state index >= 15 is 0 Å². The SMILES string of the molecule is CC(C#N)c1c(C(=O)O)ccc(C(=O)O)c1C(=O)O. The number of carboxylic acids is 3. The molecule has 0 aliphatic heterocycles. The van der Waals surface area contributed by atoms with Gasteiger partial charge in [-0.3, -0.25) is 0 Å². The van der Waals surface area contributed by atoms with Crippen LogP contribution in [0.2, 0.25) is 0 Å².